The van der Waals surface area contributed by atoms with Gasteiger partial charge in [-0.05, 0) is 12.0 Å². The number of carbonyl (C=O) groups excluding carboxylic acids is 1. The van der Waals surface area contributed by atoms with Crippen molar-refractivity contribution in [1.82, 2.24) is 5.01 Å². The van der Waals surface area contributed by atoms with Gasteiger partial charge in [-0.15, -0.1) is 0 Å². The molecule has 1 aromatic rings. The molecule has 0 aliphatic carbocycles. The van der Waals surface area contributed by atoms with Gasteiger partial charge in [-0.1, -0.05) is 37.3 Å². The van der Waals surface area contributed by atoms with E-state index < -0.39 is 23.4 Å². The fraction of sp³-hybridized carbons (Fsp3) is 0.333. The van der Waals surface area contributed by atoms with Crippen LogP contribution in [0, 0.1) is 0 Å². The Morgan fingerprint density at radius 2 is 2.10 bits per heavy atom. The number of carbonyl (C=O) groups is 2. The predicted molar refractivity (Wildman–Crippen MR) is 75.9 cm³/mol. The Morgan fingerprint density at radius 3 is 2.67 bits per heavy atom. The van der Waals surface area contributed by atoms with Crippen molar-refractivity contribution < 1.29 is 19.4 Å². The molecule has 3 N–H and O–H groups in total. The van der Waals surface area contributed by atoms with E-state index in [1.807, 2.05) is 30.3 Å². The summed E-state index contributed by atoms with van der Waals surface area (Å²) in [5.41, 5.74) is -0.723. The Balaban J connectivity index is 2.26. The number of nitrogens with two attached hydrogens (primary N) is 1. The molecule has 0 saturated carbocycles. The third-order valence-corrected chi connectivity index (χ3v) is 3.72. The molecule has 21 heavy (non-hydrogen) atoms. The minimum atomic E-state index is -1.58. The van der Waals surface area contributed by atoms with Gasteiger partial charge in [-0.2, -0.15) is 0 Å². The molecule has 1 aliphatic rings. The minimum Gasteiger partial charge on any atom is -0.479 e. The van der Waals surface area contributed by atoms with Crippen LogP contribution in [0.25, 0.3) is 0 Å². The smallest absolute Gasteiger partial charge is 0.334 e. The van der Waals surface area contributed by atoms with Crippen molar-refractivity contribution in [2.45, 2.75) is 31.6 Å². The van der Waals surface area contributed by atoms with Crippen LogP contribution in [0.3, 0.4) is 0 Å². The van der Waals surface area contributed by atoms with Gasteiger partial charge >= 0.3 is 5.97 Å². The highest BCUT2D eigenvalue weighted by Gasteiger charge is 2.53. The van der Waals surface area contributed by atoms with E-state index in [1.54, 1.807) is 6.92 Å². The summed E-state index contributed by atoms with van der Waals surface area (Å²) in [4.78, 5) is 23.8. The molecule has 6 nitrogen and oxygen atoms in total. The van der Waals surface area contributed by atoms with Gasteiger partial charge in [-0.25, -0.2) is 10.6 Å². The first-order valence-corrected chi connectivity index (χ1v) is 6.67. The first-order chi connectivity index (χ1) is 10.0. The summed E-state index contributed by atoms with van der Waals surface area (Å²) in [5, 5.41) is 10.6. The number of ether oxygens (including phenoxy) is 1. The largest absolute Gasteiger partial charge is 0.479 e. The fourth-order valence-corrected chi connectivity index (χ4v) is 2.46. The van der Waals surface area contributed by atoms with Crippen LogP contribution in [-0.4, -0.2) is 33.5 Å². The van der Waals surface area contributed by atoms with Gasteiger partial charge in [0.25, 0.3) is 0 Å². The van der Waals surface area contributed by atoms with Gasteiger partial charge in [0.1, 0.15) is 0 Å². The summed E-state index contributed by atoms with van der Waals surface area (Å²) >= 11 is 0. The van der Waals surface area contributed by atoms with Crippen molar-refractivity contribution in [3.8, 4) is 0 Å². The topological polar surface area (TPSA) is 92.9 Å². The van der Waals surface area contributed by atoms with Crippen LogP contribution in [-0.2, 0) is 20.9 Å². The SMILES string of the molecule is CCC1(C(=O)O)C(OCc2ccccc2)C(=O)C=CN1N. The van der Waals surface area contributed by atoms with Crippen molar-refractivity contribution in [2.24, 2.45) is 5.84 Å². The van der Waals surface area contributed by atoms with Crippen molar-refractivity contribution in [1.29, 1.82) is 0 Å². The Morgan fingerprint density at radius 1 is 1.43 bits per heavy atom. The average molecular weight is 290 g/mol. The Kier molecular flexibility index (Phi) is 4.40. The molecule has 0 spiro atoms. The number of hydrazine groups is 1. The highest BCUT2D eigenvalue weighted by molar-refractivity contribution is 6.00. The van der Waals surface area contributed by atoms with E-state index in [4.69, 9.17) is 10.6 Å². The molecular formula is C15H18N2O4. The van der Waals surface area contributed by atoms with Crippen LogP contribution in [0.5, 0.6) is 0 Å². The lowest BCUT2D eigenvalue weighted by Crippen LogP contribution is -2.66. The number of rotatable bonds is 5. The maximum Gasteiger partial charge on any atom is 0.334 e. The van der Waals surface area contributed by atoms with E-state index in [9.17, 15) is 14.7 Å². The summed E-state index contributed by atoms with van der Waals surface area (Å²) in [6.07, 6.45) is 1.53. The lowest BCUT2D eigenvalue weighted by molar-refractivity contribution is -0.169. The molecule has 112 valence electrons. The summed E-state index contributed by atoms with van der Waals surface area (Å²) in [7, 11) is 0. The second-order valence-corrected chi connectivity index (χ2v) is 4.88. The normalized spacial score (nSPS) is 25.1. The lowest BCUT2D eigenvalue weighted by Gasteiger charge is -2.42. The van der Waals surface area contributed by atoms with E-state index in [-0.39, 0.29) is 13.0 Å². The van der Waals surface area contributed by atoms with Crippen LogP contribution < -0.4 is 5.84 Å². The zero-order valence-electron chi connectivity index (χ0n) is 11.7. The maximum atomic E-state index is 12.1. The van der Waals surface area contributed by atoms with Gasteiger partial charge in [-0.3, -0.25) is 9.80 Å². The van der Waals surface area contributed by atoms with Gasteiger partial charge < -0.3 is 9.84 Å². The molecule has 1 aromatic carbocycles. The van der Waals surface area contributed by atoms with Crippen molar-refractivity contribution in [3.63, 3.8) is 0 Å². The van der Waals surface area contributed by atoms with E-state index in [2.05, 4.69) is 0 Å². The van der Waals surface area contributed by atoms with E-state index in [0.717, 1.165) is 10.6 Å². The quantitative estimate of drug-likeness (QED) is 0.788. The third-order valence-electron chi connectivity index (χ3n) is 3.72. The van der Waals surface area contributed by atoms with Crippen LogP contribution in [0.15, 0.2) is 42.6 Å². The number of carboxylic acid groups (broad SMARTS) is 1. The molecule has 1 heterocycles. The summed E-state index contributed by atoms with van der Waals surface area (Å²) in [6, 6.07) is 9.25. The van der Waals surface area contributed by atoms with Crippen molar-refractivity contribution in [3.05, 3.63) is 48.2 Å². The standard InChI is InChI=1S/C15H18N2O4/c1-2-15(14(19)20)13(12(18)8-9-17(15)16)21-10-11-6-4-3-5-7-11/h3-9,13H,2,10,16H2,1H3,(H,19,20). The number of aliphatic carboxylic acids is 1. The first-order valence-electron chi connectivity index (χ1n) is 6.67. The number of ketones is 1. The minimum absolute atomic E-state index is 0.147. The zero-order valence-corrected chi connectivity index (χ0v) is 11.7. The average Bonchev–Trinajstić information content (AvgIpc) is 2.49. The van der Waals surface area contributed by atoms with E-state index in [0.29, 0.717) is 0 Å². The zero-order chi connectivity index (χ0) is 15.5. The number of nitrogens with zero attached hydrogens (tertiary/aromatic N) is 1. The third kappa shape index (κ3) is 2.68. The van der Waals surface area contributed by atoms with Crippen LogP contribution in [0.2, 0.25) is 0 Å². The lowest BCUT2D eigenvalue weighted by atomic mass is 9.84. The molecule has 1 aliphatic heterocycles. The molecule has 2 unspecified atom stereocenters. The summed E-state index contributed by atoms with van der Waals surface area (Å²) in [5.74, 6) is 4.21. The Hall–Kier alpha value is -2.18. The maximum absolute atomic E-state index is 12.1. The Bertz CT molecular complexity index is 558. The van der Waals surface area contributed by atoms with E-state index in [1.165, 1.54) is 12.3 Å². The number of hydrogen-bond donors (Lipinski definition) is 2. The molecule has 0 fully saturated rings. The number of carboxylic acids is 1. The first kappa shape index (κ1) is 15.2. The molecule has 0 radical (unpaired) electrons. The molecule has 0 amide bonds. The number of benzene rings is 1. The van der Waals surface area contributed by atoms with E-state index >= 15 is 0 Å². The van der Waals surface area contributed by atoms with Crippen molar-refractivity contribution in [2.75, 3.05) is 0 Å². The molecular weight excluding hydrogens is 272 g/mol. The highest BCUT2D eigenvalue weighted by atomic mass is 16.5. The Labute approximate surface area is 122 Å². The predicted octanol–water partition coefficient (Wildman–Crippen LogP) is 1.08. The van der Waals surface area contributed by atoms with Crippen molar-refractivity contribution >= 4 is 11.8 Å². The van der Waals surface area contributed by atoms with Crippen LogP contribution in [0.1, 0.15) is 18.9 Å². The summed E-state index contributed by atoms with van der Waals surface area (Å²) in [6.45, 7) is 1.81. The van der Waals surface area contributed by atoms with Gasteiger partial charge in [0.2, 0.25) is 0 Å². The van der Waals surface area contributed by atoms with Crippen LogP contribution in [0.4, 0.5) is 0 Å². The monoisotopic (exact) mass is 290 g/mol. The van der Waals surface area contributed by atoms with Gasteiger partial charge in [0.15, 0.2) is 17.4 Å². The molecule has 2 rings (SSSR count). The van der Waals surface area contributed by atoms with Gasteiger partial charge in [0.05, 0.1) is 6.61 Å². The molecule has 0 aromatic heterocycles. The fourth-order valence-electron chi connectivity index (χ4n) is 2.46. The molecule has 0 saturated heterocycles. The molecule has 0 bridgehead atoms. The molecule has 2 atom stereocenters. The molecule has 6 heteroatoms. The number of hydrogen-bond acceptors (Lipinski definition) is 5. The van der Waals surface area contributed by atoms with Crippen LogP contribution >= 0.6 is 0 Å². The summed E-state index contributed by atoms with van der Waals surface area (Å²) < 4.78 is 5.62. The highest BCUT2D eigenvalue weighted by Crippen LogP contribution is 2.30. The second kappa shape index (κ2) is 6.07. The van der Waals surface area contributed by atoms with Gasteiger partial charge in [0, 0.05) is 12.3 Å². The second-order valence-electron chi connectivity index (χ2n) is 4.88.